The first-order valence-corrected chi connectivity index (χ1v) is 14.2. The Bertz CT molecular complexity index is 1950. The van der Waals surface area contributed by atoms with Crippen molar-refractivity contribution in [3.8, 4) is 5.75 Å². The highest BCUT2D eigenvalue weighted by atomic mass is 32.2. The van der Waals surface area contributed by atoms with Crippen molar-refractivity contribution in [1.82, 2.24) is 8.87 Å². The lowest BCUT2D eigenvalue weighted by molar-refractivity contribution is -0.134. The van der Waals surface area contributed by atoms with Crippen LogP contribution in [0.2, 0.25) is 0 Å². The standard InChI is InChI=1S/C26H17F3N2O7S2/c1-30-24(32)22(18-12-6-8-14-21(18)38-40(36,37)26(27,28)29)23(25(30)33)19-15-31(20-13-7-5-11-17(19)20)39(34,35)16-9-3-2-4-10-16/h2-15H,1H3. The second-order valence-corrected chi connectivity index (χ2v) is 11.9. The Balaban J connectivity index is 1.80. The van der Waals surface area contributed by atoms with Gasteiger partial charge in [-0.05, 0) is 24.3 Å². The number of para-hydroxylation sites is 2. The van der Waals surface area contributed by atoms with Gasteiger partial charge in [0.1, 0.15) is 0 Å². The Hall–Kier alpha value is -4.43. The normalized spacial score (nSPS) is 14.8. The maximum absolute atomic E-state index is 13.5. The molecule has 0 saturated heterocycles. The molecule has 5 rings (SSSR count). The van der Waals surface area contributed by atoms with E-state index < -0.39 is 54.4 Å². The molecule has 40 heavy (non-hydrogen) atoms. The summed E-state index contributed by atoms with van der Waals surface area (Å²) < 4.78 is 95.2. The van der Waals surface area contributed by atoms with Crippen molar-refractivity contribution in [2.24, 2.45) is 0 Å². The highest BCUT2D eigenvalue weighted by molar-refractivity contribution is 7.90. The Kier molecular flexibility index (Phi) is 6.34. The summed E-state index contributed by atoms with van der Waals surface area (Å²) in [5, 5.41) is 0.243. The van der Waals surface area contributed by atoms with Crippen LogP contribution in [0.15, 0.2) is 90.0 Å². The first kappa shape index (κ1) is 27.1. The third kappa shape index (κ3) is 4.25. The van der Waals surface area contributed by atoms with Crippen LogP contribution >= 0.6 is 0 Å². The number of likely N-dealkylation sites (N-methyl/N-ethyl adjacent to an activating group) is 1. The number of fused-ring (bicyclic) bond motifs is 1. The molecule has 1 aliphatic rings. The topological polar surface area (TPSA) is 120 Å². The van der Waals surface area contributed by atoms with Gasteiger partial charge in [-0.25, -0.2) is 12.4 Å². The molecule has 4 aromatic rings. The molecule has 14 heteroatoms. The van der Waals surface area contributed by atoms with E-state index in [1.54, 1.807) is 18.2 Å². The van der Waals surface area contributed by atoms with Crippen LogP contribution in [0.4, 0.5) is 13.2 Å². The molecule has 2 amide bonds. The summed E-state index contributed by atoms with van der Waals surface area (Å²) in [6.07, 6.45) is 1.14. The van der Waals surface area contributed by atoms with Crippen LogP contribution < -0.4 is 4.18 Å². The number of benzene rings is 3. The zero-order valence-electron chi connectivity index (χ0n) is 20.3. The van der Waals surface area contributed by atoms with Crippen LogP contribution in [0.25, 0.3) is 22.0 Å². The Morgan fingerprint density at radius 1 is 0.725 bits per heavy atom. The molecule has 0 saturated carbocycles. The molecule has 1 aliphatic heterocycles. The molecule has 0 radical (unpaired) electrons. The van der Waals surface area contributed by atoms with E-state index in [-0.39, 0.29) is 26.9 Å². The third-order valence-corrected chi connectivity index (χ3v) is 8.83. The maximum atomic E-state index is 13.5. The summed E-state index contributed by atoms with van der Waals surface area (Å²) in [7, 11) is -9.19. The van der Waals surface area contributed by atoms with E-state index in [0.717, 1.165) is 29.3 Å². The fraction of sp³-hybridized carbons (Fsp3) is 0.0769. The van der Waals surface area contributed by atoms with Crippen molar-refractivity contribution in [3.05, 3.63) is 96.2 Å². The van der Waals surface area contributed by atoms with Crippen LogP contribution in [-0.2, 0) is 29.7 Å². The maximum Gasteiger partial charge on any atom is 0.534 e. The lowest BCUT2D eigenvalue weighted by Crippen LogP contribution is -2.28. The quantitative estimate of drug-likeness (QED) is 0.189. The van der Waals surface area contributed by atoms with E-state index in [1.807, 2.05) is 0 Å². The summed E-state index contributed by atoms with van der Waals surface area (Å²) in [5.41, 5.74) is -6.82. The average molecular weight is 591 g/mol. The van der Waals surface area contributed by atoms with Gasteiger partial charge in [-0.3, -0.25) is 14.5 Å². The lowest BCUT2D eigenvalue weighted by Gasteiger charge is -2.14. The summed E-state index contributed by atoms with van der Waals surface area (Å²) in [4.78, 5) is 27.3. The number of carbonyl (C=O) groups is 2. The zero-order valence-corrected chi connectivity index (χ0v) is 21.9. The molecule has 3 aromatic carbocycles. The van der Waals surface area contributed by atoms with Gasteiger partial charge in [0.2, 0.25) is 0 Å². The fourth-order valence-corrected chi connectivity index (χ4v) is 6.17. The Morgan fingerprint density at radius 3 is 1.93 bits per heavy atom. The second kappa shape index (κ2) is 9.34. The molecule has 0 N–H and O–H groups in total. The summed E-state index contributed by atoms with van der Waals surface area (Å²) in [5.74, 6) is -2.68. The molecule has 9 nitrogen and oxygen atoms in total. The molecule has 1 aromatic heterocycles. The monoisotopic (exact) mass is 590 g/mol. The van der Waals surface area contributed by atoms with Crippen LogP contribution in [-0.4, -0.2) is 50.1 Å². The second-order valence-electron chi connectivity index (χ2n) is 8.57. The summed E-state index contributed by atoms with van der Waals surface area (Å²) >= 11 is 0. The van der Waals surface area contributed by atoms with E-state index in [4.69, 9.17) is 0 Å². The largest absolute Gasteiger partial charge is 0.534 e. The average Bonchev–Trinajstić information content (AvgIpc) is 3.40. The summed E-state index contributed by atoms with van der Waals surface area (Å²) in [6, 6.07) is 18.1. The number of hydrogen-bond acceptors (Lipinski definition) is 7. The van der Waals surface area contributed by atoms with E-state index in [1.165, 1.54) is 48.5 Å². The first-order valence-electron chi connectivity index (χ1n) is 11.3. The van der Waals surface area contributed by atoms with Crippen molar-refractivity contribution >= 4 is 54.0 Å². The number of rotatable bonds is 6. The molecule has 2 heterocycles. The number of halogens is 3. The predicted molar refractivity (Wildman–Crippen MR) is 138 cm³/mol. The predicted octanol–water partition coefficient (Wildman–Crippen LogP) is 4.02. The highest BCUT2D eigenvalue weighted by Crippen LogP contribution is 2.42. The molecule has 0 unspecified atom stereocenters. The number of amides is 2. The van der Waals surface area contributed by atoms with E-state index >= 15 is 0 Å². The van der Waals surface area contributed by atoms with Gasteiger partial charge in [-0.15, -0.1) is 0 Å². The molecular formula is C26H17F3N2O7S2. The van der Waals surface area contributed by atoms with Crippen LogP contribution in [0, 0.1) is 0 Å². The van der Waals surface area contributed by atoms with Gasteiger partial charge in [-0.2, -0.15) is 21.6 Å². The Morgan fingerprint density at radius 2 is 1.27 bits per heavy atom. The number of alkyl halides is 3. The first-order chi connectivity index (χ1) is 18.8. The molecular weight excluding hydrogens is 573 g/mol. The fourth-order valence-electron chi connectivity index (χ4n) is 4.31. The van der Waals surface area contributed by atoms with E-state index in [2.05, 4.69) is 4.18 Å². The van der Waals surface area contributed by atoms with Gasteiger partial charge in [0.15, 0.2) is 5.75 Å². The van der Waals surface area contributed by atoms with Crippen molar-refractivity contribution < 1.29 is 43.8 Å². The highest BCUT2D eigenvalue weighted by Gasteiger charge is 2.49. The van der Waals surface area contributed by atoms with Crippen molar-refractivity contribution in [2.75, 3.05) is 7.05 Å². The SMILES string of the molecule is CN1C(=O)C(c2ccccc2OS(=O)(=O)C(F)(F)F)=C(c2cn(S(=O)(=O)c3ccccc3)c3ccccc23)C1=O. The minimum absolute atomic E-state index is 0.0127. The minimum Gasteiger partial charge on any atom is -0.375 e. The van der Waals surface area contributed by atoms with Gasteiger partial charge >= 0.3 is 15.6 Å². The number of nitrogens with zero attached hydrogens (tertiary/aromatic N) is 2. The smallest absolute Gasteiger partial charge is 0.375 e. The third-order valence-electron chi connectivity index (χ3n) is 6.17. The molecule has 0 fully saturated rings. The molecule has 0 bridgehead atoms. The van der Waals surface area contributed by atoms with Crippen LogP contribution in [0.3, 0.4) is 0 Å². The number of hydrogen-bond donors (Lipinski definition) is 0. The van der Waals surface area contributed by atoms with E-state index in [9.17, 15) is 39.6 Å². The number of aromatic nitrogens is 1. The Labute approximate surface area is 225 Å². The lowest BCUT2D eigenvalue weighted by atomic mass is 9.95. The number of carbonyl (C=O) groups excluding carboxylic acids is 2. The van der Waals surface area contributed by atoms with Crippen LogP contribution in [0.1, 0.15) is 11.1 Å². The van der Waals surface area contributed by atoms with Crippen LogP contribution in [0.5, 0.6) is 5.75 Å². The zero-order chi connectivity index (χ0) is 29.0. The minimum atomic E-state index is -6.13. The summed E-state index contributed by atoms with van der Waals surface area (Å²) in [6.45, 7) is 0. The van der Waals surface area contributed by atoms with Crippen molar-refractivity contribution in [2.45, 2.75) is 10.4 Å². The molecule has 0 aliphatic carbocycles. The van der Waals surface area contributed by atoms with Crippen molar-refractivity contribution in [1.29, 1.82) is 0 Å². The van der Waals surface area contributed by atoms with E-state index in [0.29, 0.717) is 4.90 Å². The van der Waals surface area contributed by atoms with Crippen molar-refractivity contribution in [3.63, 3.8) is 0 Å². The van der Waals surface area contributed by atoms with Gasteiger partial charge in [0.05, 0.1) is 21.6 Å². The van der Waals surface area contributed by atoms with Gasteiger partial charge in [0, 0.05) is 29.8 Å². The molecule has 0 atom stereocenters. The van der Waals surface area contributed by atoms with Gasteiger partial charge in [0.25, 0.3) is 21.8 Å². The number of imide groups is 1. The molecule has 0 spiro atoms. The molecule has 206 valence electrons. The van der Waals surface area contributed by atoms with Gasteiger partial charge < -0.3 is 4.18 Å². The van der Waals surface area contributed by atoms with Gasteiger partial charge in [-0.1, -0.05) is 54.6 Å².